The van der Waals surface area contributed by atoms with Crippen LogP contribution in [-0.2, 0) is 16.0 Å². The standard InChI is InChI=1S/C25H30N4O2S/c1-19-15-20(2)17-23(16-19)29-10-8-26-25(29)32-18-24(30)27-22-5-3-21(4-6-22)7-9-28-11-13-31-14-12-28/h3-6,8,10,15-17H,7,9,11-14,18H2,1-2H3,(H,27,30). The lowest BCUT2D eigenvalue weighted by Gasteiger charge is -2.26. The van der Waals surface area contributed by atoms with Crippen molar-refractivity contribution in [1.82, 2.24) is 14.5 Å². The summed E-state index contributed by atoms with van der Waals surface area (Å²) in [6.07, 6.45) is 4.71. The van der Waals surface area contributed by atoms with E-state index in [0.29, 0.717) is 5.75 Å². The zero-order valence-corrected chi connectivity index (χ0v) is 19.5. The lowest BCUT2D eigenvalue weighted by Crippen LogP contribution is -2.37. The fourth-order valence-corrected chi connectivity index (χ4v) is 4.65. The summed E-state index contributed by atoms with van der Waals surface area (Å²) in [6, 6.07) is 14.5. The number of nitrogens with zero attached hydrogens (tertiary/aromatic N) is 3. The first-order valence-electron chi connectivity index (χ1n) is 11.0. The Bertz CT molecular complexity index is 1020. The summed E-state index contributed by atoms with van der Waals surface area (Å²) in [5.74, 6) is 0.270. The first-order chi connectivity index (χ1) is 15.6. The van der Waals surface area contributed by atoms with Crippen LogP contribution in [0.25, 0.3) is 5.69 Å². The van der Waals surface area contributed by atoms with E-state index in [1.807, 2.05) is 22.9 Å². The van der Waals surface area contributed by atoms with Crippen LogP contribution in [0.1, 0.15) is 16.7 Å². The fraction of sp³-hybridized carbons (Fsp3) is 0.360. The molecule has 0 spiro atoms. The van der Waals surface area contributed by atoms with E-state index >= 15 is 0 Å². The second-order valence-corrected chi connectivity index (χ2v) is 9.11. The monoisotopic (exact) mass is 450 g/mol. The molecule has 0 saturated carbocycles. The van der Waals surface area contributed by atoms with Gasteiger partial charge in [0.25, 0.3) is 0 Å². The predicted molar refractivity (Wildman–Crippen MR) is 130 cm³/mol. The van der Waals surface area contributed by atoms with Gasteiger partial charge in [0.05, 0.1) is 19.0 Å². The maximum absolute atomic E-state index is 12.5. The topological polar surface area (TPSA) is 59.4 Å². The molecule has 1 N–H and O–H groups in total. The van der Waals surface area contributed by atoms with Crippen molar-refractivity contribution in [2.75, 3.05) is 43.9 Å². The Balaban J connectivity index is 1.28. The Morgan fingerprint density at radius 1 is 1.09 bits per heavy atom. The number of imidazole rings is 1. The van der Waals surface area contributed by atoms with Crippen molar-refractivity contribution in [3.05, 3.63) is 71.5 Å². The molecule has 2 heterocycles. The average Bonchev–Trinajstić information content (AvgIpc) is 3.26. The largest absolute Gasteiger partial charge is 0.379 e. The van der Waals surface area contributed by atoms with Gasteiger partial charge in [0.2, 0.25) is 5.91 Å². The number of carbonyl (C=O) groups excluding carboxylic acids is 1. The molecule has 1 amide bonds. The van der Waals surface area contributed by atoms with Gasteiger partial charge >= 0.3 is 0 Å². The Morgan fingerprint density at radius 2 is 1.81 bits per heavy atom. The summed E-state index contributed by atoms with van der Waals surface area (Å²) < 4.78 is 7.43. The van der Waals surface area contributed by atoms with Crippen molar-refractivity contribution in [1.29, 1.82) is 0 Å². The van der Waals surface area contributed by atoms with Crippen LogP contribution in [0, 0.1) is 13.8 Å². The van der Waals surface area contributed by atoms with Crippen molar-refractivity contribution < 1.29 is 9.53 Å². The Labute approximate surface area is 194 Å². The number of nitrogens with one attached hydrogen (secondary N) is 1. The normalized spacial score (nSPS) is 14.4. The zero-order valence-electron chi connectivity index (χ0n) is 18.7. The van der Waals surface area contributed by atoms with Crippen LogP contribution in [0.5, 0.6) is 0 Å². The SMILES string of the molecule is Cc1cc(C)cc(-n2ccnc2SCC(=O)Nc2ccc(CCN3CCOCC3)cc2)c1. The molecule has 1 saturated heterocycles. The number of hydrogen-bond donors (Lipinski definition) is 1. The summed E-state index contributed by atoms with van der Waals surface area (Å²) in [4.78, 5) is 19.4. The smallest absolute Gasteiger partial charge is 0.234 e. The maximum atomic E-state index is 12.5. The number of aromatic nitrogens is 2. The van der Waals surface area contributed by atoms with E-state index in [9.17, 15) is 4.79 Å². The lowest BCUT2D eigenvalue weighted by molar-refractivity contribution is -0.113. The summed E-state index contributed by atoms with van der Waals surface area (Å²) >= 11 is 1.44. The minimum atomic E-state index is -0.0361. The molecule has 4 rings (SSSR count). The predicted octanol–water partition coefficient (Wildman–Crippen LogP) is 4.09. The third kappa shape index (κ3) is 6.22. The highest BCUT2D eigenvalue weighted by molar-refractivity contribution is 7.99. The quantitative estimate of drug-likeness (QED) is 0.524. The Kier molecular flexibility index (Phi) is 7.63. The number of aryl methyl sites for hydroxylation is 2. The van der Waals surface area contributed by atoms with E-state index in [-0.39, 0.29) is 5.91 Å². The second-order valence-electron chi connectivity index (χ2n) is 8.16. The molecular weight excluding hydrogens is 420 g/mol. The van der Waals surface area contributed by atoms with Gasteiger partial charge < -0.3 is 10.1 Å². The van der Waals surface area contributed by atoms with E-state index in [2.05, 4.69) is 59.4 Å². The van der Waals surface area contributed by atoms with Crippen LogP contribution in [0.2, 0.25) is 0 Å². The van der Waals surface area contributed by atoms with Gasteiger partial charge in [0, 0.05) is 43.4 Å². The van der Waals surface area contributed by atoms with Crippen LogP contribution < -0.4 is 5.32 Å². The molecule has 1 aliphatic heterocycles. The third-order valence-electron chi connectivity index (χ3n) is 5.48. The van der Waals surface area contributed by atoms with Gasteiger partial charge in [-0.1, -0.05) is 30.0 Å². The molecule has 2 aromatic carbocycles. The number of rotatable bonds is 8. The third-order valence-corrected chi connectivity index (χ3v) is 6.45. The molecule has 1 aliphatic rings. The van der Waals surface area contributed by atoms with Gasteiger partial charge in [0.15, 0.2) is 5.16 Å². The molecule has 0 unspecified atom stereocenters. The van der Waals surface area contributed by atoms with Crippen molar-refractivity contribution in [3.63, 3.8) is 0 Å². The highest BCUT2D eigenvalue weighted by Gasteiger charge is 2.11. The van der Waals surface area contributed by atoms with Gasteiger partial charge in [-0.2, -0.15) is 0 Å². The summed E-state index contributed by atoms with van der Waals surface area (Å²) in [7, 11) is 0. The number of benzene rings is 2. The summed E-state index contributed by atoms with van der Waals surface area (Å²) in [5, 5.41) is 3.80. The Hall–Kier alpha value is -2.61. The van der Waals surface area contributed by atoms with Crippen LogP contribution in [0.15, 0.2) is 60.0 Å². The van der Waals surface area contributed by atoms with E-state index in [4.69, 9.17) is 4.74 Å². The zero-order chi connectivity index (χ0) is 22.3. The number of ether oxygens (including phenoxy) is 1. The van der Waals surface area contributed by atoms with E-state index in [1.165, 1.54) is 28.5 Å². The fourth-order valence-electron chi connectivity index (χ4n) is 3.88. The second kappa shape index (κ2) is 10.8. The van der Waals surface area contributed by atoms with E-state index in [0.717, 1.165) is 55.8 Å². The molecule has 0 bridgehead atoms. The van der Waals surface area contributed by atoms with Gasteiger partial charge in [-0.15, -0.1) is 0 Å². The number of morpholine rings is 1. The molecule has 3 aromatic rings. The van der Waals surface area contributed by atoms with E-state index in [1.54, 1.807) is 6.20 Å². The number of thioether (sulfide) groups is 1. The van der Waals surface area contributed by atoms with Gasteiger partial charge in [-0.3, -0.25) is 14.3 Å². The summed E-state index contributed by atoms with van der Waals surface area (Å²) in [5.41, 5.74) is 5.57. The highest BCUT2D eigenvalue weighted by Crippen LogP contribution is 2.22. The molecule has 1 fully saturated rings. The molecule has 168 valence electrons. The van der Waals surface area contributed by atoms with Crippen LogP contribution in [0.3, 0.4) is 0 Å². The molecular formula is C25H30N4O2S. The van der Waals surface area contributed by atoms with Gasteiger partial charge in [0.1, 0.15) is 0 Å². The number of hydrogen-bond acceptors (Lipinski definition) is 5. The molecule has 1 aromatic heterocycles. The van der Waals surface area contributed by atoms with Crippen LogP contribution in [0.4, 0.5) is 5.69 Å². The van der Waals surface area contributed by atoms with Crippen molar-refractivity contribution >= 4 is 23.4 Å². The average molecular weight is 451 g/mol. The number of carbonyl (C=O) groups is 1. The Morgan fingerprint density at radius 3 is 2.53 bits per heavy atom. The lowest BCUT2D eigenvalue weighted by atomic mass is 10.1. The number of anilines is 1. The van der Waals surface area contributed by atoms with Crippen LogP contribution in [-0.4, -0.2) is 59.0 Å². The molecule has 32 heavy (non-hydrogen) atoms. The van der Waals surface area contributed by atoms with Gasteiger partial charge in [-0.25, -0.2) is 4.98 Å². The van der Waals surface area contributed by atoms with Gasteiger partial charge in [-0.05, 0) is 61.2 Å². The highest BCUT2D eigenvalue weighted by atomic mass is 32.2. The van der Waals surface area contributed by atoms with Crippen molar-refractivity contribution in [2.24, 2.45) is 0 Å². The van der Waals surface area contributed by atoms with Crippen molar-refractivity contribution in [3.8, 4) is 5.69 Å². The number of amides is 1. The van der Waals surface area contributed by atoms with Crippen LogP contribution >= 0.6 is 11.8 Å². The summed E-state index contributed by atoms with van der Waals surface area (Å²) in [6.45, 7) is 8.88. The molecule has 0 aliphatic carbocycles. The maximum Gasteiger partial charge on any atom is 0.234 e. The van der Waals surface area contributed by atoms with E-state index < -0.39 is 0 Å². The van der Waals surface area contributed by atoms with Crippen molar-refractivity contribution in [2.45, 2.75) is 25.4 Å². The molecule has 0 radical (unpaired) electrons. The molecule has 0 atom stereocenters. The minimum absolute atomic E-state index is 0.0361. The first-order valence-corrected chi connectivity index (χ1v) is 12.0. The molecule has 6 nitrogen and oxygen atoms in total. The minimum Gasteiger partial charge on any atom is -0.379 e. The first kappa shape index (κ1) is 22.6. The molecule has 7 heteroatoms.